The Kier molecular flexibility index (Phi) is 3.02. The van der Waals surface area contributed by atoms with E-state index >= 15 is 0 Å². The summed E-state index contributed by atoms with van der Waals surface area (Å²) in [4.78, 5) is 9.32. The van der Waals surface area contributed by atoms with E-state index in [1.165, 1.54) is 24.4 Å². The molecule has 2 aliphatic rings. The first-order chi connectivity index (χ1) is 8.22. The number of piperazine rings is 1. The lowest BCUT2D eigenvalue weighted by Gasteiger charge is -2.35. The fraction of sp³-hybridized carbons (Fsp3) is 0.818. The molecule has 0 bridgehead atoms. The molecule has 1 aromatic rings. The largest absolute Gasteiger partial charge is 0.358 e. The van der Waals surface area contributed by atoms with E-state index in [2.05, 4.69) is 38.6 Å². The molecule has 1 aliphatic carbocycles. The van der Waals surface area contributed by atoms with Crippen molar-refractivity contribution >= 4 is 16.7 Å². The van der Waals surface area contributed by atoms with Gasteiger partial charge in [0.15, 0.2) is 5.82 Å². The van der Waals surface area contributed by atoms with E-state index in [9.17, 15) is 0 Å². The topological polar surface area (TPSA) is 44.3 Å². The lowest BCUT2D eigenvalue weighted by atomic mass is 10.2. The number of rotatable bonds is 3. The average Bonchev–Trinajstić information content (AvgIpc) is 2.99. The molecule has 3 rings (SSSR count). The van der Waals surface area contributed by atoms with Crippen LogP contribution in [-0.4, -0.2) is 58.9 Å². The molecule has 1 aromatic heterocycles. The zero-order valence-corrected chi connectivity index (χ0v) is 11.2. The minimum Gasteiger partial charge on any atom is -0.358 e. The molecule has 2 heterocycles. The van der Waals surface area contributed by atoms with Crippen molar-refractivity contribution in [1.82, 2.24) is 19.2 Å². The first kappa shape index (κ1) is 11.4. The van der Waals surface area contributed by atoms with Gasteiger partial charge in [0.25, 0.3) is 0 Å². The molecule has 0 amide bonds. The smallest absolute Gasteiger partial charge is 0.202 e. The Balaban J connectivity index is 1.70. The van der Waals surface area contributed by atoms with Crippen LogP contribution < -0.4 is 5.32 Å². The highest BCUT2D eigenvalue weighted by Crippen LogP contribution is 2.28. The number of hydrogen-bond donors (Lipinski definition) is 1. The molecule has 5 nitrogen and oxygen atoms in total. The molecule has 1 N–H and O–H groups in total. The lowest BCUT2D eigenvalue weighted by molar-refractivity contribution is 0.110. The summed E-state index contributed by atoms with van der Waals surface area (Å²) in [7, 11) is 4.32. The summed E-state index contributed by atoms with van der Waals surface area (Å²) in [5.74, 6) is 0.979. The van der Waals surface area contributed by atoms with Crippen molar-refractivity contribution in [2.75, 3.05) is 39.0 Å². The van der Waals surface area contributed by atoms with E-state index in [4.69, 9.17) is 0 Å². The maximum absolute atomic E-state index is 4.63. The third kappa shape index (κ3) is 2.59. The van der Waals surface area contributed by atoms with Crippen LogP contribution in [0, 0.1) is 0 Å². The minimum atomic E-state index is 0.347. The van der Waals surface area contributed by atoms with Crippen molar-refractivity contribution in [2.24, 2.45) is 0 Å². The number of hydrogen-bond acceptors (Lipinski definition) is 6. The van der Waals surface area contributed by atoms with Gasteiger partial charge in [0.05, 0.1) is 6.04 Å². The molecule has 1 unspecified atom stereocenters. The van der Waals surface area contributed by atoms with E-state index in [0.29, 0.717) is 12.1 Å². The first-order valence-corrected chi connectivity index (χ1v) is 6.98. The molecule has 17 heavy (non-hydrogen) atoms. The first-order valence-electron chi connectivity index (χ1n) is 6.21. The van der Waals surface area contributed by atoms with Gasteiger partial charge in [0.1, 0.15) is 0 Å². The Hall–Kier alpha value is -0.720. The van der Waals surface area contributed by atoms with Crippen LogP contribution in [0.4, 0.5) is 5.13 Å². The van der Waals surface area contributed by atoms with Gasteiger partial charge in [-0.15, -0.1) is 0 Å². The number of aromatic nitrogens is 2. The Morgan fingerprint density at radius 3 is 2.88 bits per heavy atom. The highest BCUT2D eigenvalue weighted by atomic mass is 32.1. The van der Waals surface area contributed by atoms with Crippen LogP contribution >= 0.6 is 11.5 Å². The number of nitrogens with zero attached hydrogens (tertiary/aromatic N) is 4. The monoisotopic (exact) mass is 253 g/mol. The van der Waals surface area contributed by atoms with Gasteiger partial charge in [-0.05, 0) is 26.9 Å². The standard InChI is InChI=1S/C11H19N5S/c1-15-5-6-16(2)9(7-15)10-13-11(17-14-10)12-8-3-4-8/h8-9H,3-7H2,1-2H3,(H,12,13,14). The summed E-state index contributed by atoms with van der Waals surface area (Å²) in [6, 6.07) is 1.00. The molecule has 1 saturated heterocycles. The van der Waals surface area contributed by atoms with Gasteiger partial charge in [0.2, 0.25) is 5.13 Å². The highest BCUT2D eigenvalue weighted by molar-refractivity contribution is 7.09. The summed E-state index contributed by atoms with van der Waals surface area (Å²) >= 11 is 1.50. The second-order valence-electron chi connectivity index (χ2n) is 5.13. The normalized spacial score (nSPS) is 27.3. The second-order valence-corrected chi connectivity index (χ2v) is 5.89. The molecule has 2 fully saturated rings. The maximum Gasteiger partial charge on any atom is 0.202 e. The van der Waals surface area contributed by atoms with Crippen molar-refractivity contribution in [2.45, 2.75) is 24.9 Å². The van der Waals surface area contributed by atoms with E-state index in [1.807, 2.05) is 0 Å². The van der Waals surface area contributed by atoms with E-state index < -0.39 is 0 Å². The Bertz CT molecular complexity index is 389. The molecule has 0 spiro atoms. The van der Waals surface area contributed by atoms with Gasteiger partial charge in [-0.25, -0.2) is 4.98 Å². The summed E-state index contributed by atoms with van der Waals surface area (Å²) in [5.41, 5.74) is 0. The van der Waals surface area contributed by atoms with Gasteiger partial charge in [-0.3, -0.25) is 4.90 Å². The summed E-state index contributed by atoms with van der Waals surface area (Å²) < 4.78 is 4.51. The zero-order chi connectivity index (χ0) is 11.8. The SMILES string of the molecule is CN1CCN(C)C(c2nsc(NC3CC3)n2)C1. The summed E-state index contributed by atoms with van der Waals surface area (Å²) in [5, 5.41) is 4.40. The predicted octanol–water partition coefficient (Wildman–Crippen LogP) is 1.03. The van der Waals surface area contributed by atoms with Crippen molar-refractivity contribution in [3.05, 3.63) is 5.82 Å². The molecule has 94 valence electrons. The van der Waals surface area contributed by atoms with Gasteiger partial charge >= 0.3 is 0 Å². The Morgan fingerprint density at radius 2 is 2.12 bits per heavy atom. The van der Waals surface area contributed by atoms with Crippen LogP contribution in [0.3, 0.4) is 0 Å². The van der Waals surface area contributed by atoms with Crippen LogP contribution in [0.25, 0.3) is 0 Å². The van der Waals surface area contributed by atoms with Crippen LogP contribution in [0.2, 0.25) is 0 Å². The molecule has 0 radical (unpaired) electrons. The van der Waals surface area contributed by atoms with Gasteiger partial charge in [-0.1, -0.05) is 0 Å². The molecule has 1 saturated carbocycles. The van der Waals surface area contributed by atoms with Gasteiger partial charge < -0.3 is 10.2 Å². The third-order valence-corrected chi connectivity index (χ3v) is 4.16. The van der Waals surface area contributed by atoms with Gasteiger partial charge in [-0.2, -0.15) is 4.37 Å². The van der Waals surface area contributed by atoms with Crippen molar-refractivity contribution in [3.63, 3.8) is 0 Å². The number of anilines is 1. The third-order valence-electron chi connectivity index (χ3n) is 3.50. The second kappa shape index (κ2) is 4.51. The van der Waals surface area contributed by atoms with Crippen molar-refractivity contribution < 1.29 is 0 Å². The maximum atomic E-state index is 4.63. The molecule has 6 heteroatoms. The predicted molar refractivity (Wildman–Crippen MR) is 69.4 cm³/mol. The van der Waals surface area contributed by atoms with E-state index in [0.717, 1.165) is 30.6 Å². The molecule has 1 atom stereocenters. The van der Waals surface area contributed by atoms with E-state index in [1.54, 1.807) is 0 Å². The van der Waals surface area contributed by atoms with E-state index in [-0.39, 0.29) is 0 Å². The van der Waals surface area contributed by atoms with Crippen LogP contribution in [0.15, 0.2) is 0 Å². The molecule has 1 aliphatic heterocycles. The average molecular weight is 253 g/mol. The van der Waals surface area contributed by atoms with Crippen molar-refractivity contribution in [3.8, 4) is 0 Å². The quantitative estimate of drug-likeness (QED) is 0.871. The Morgan fingerprint density at radius 1 is 1.29 bits per heavy atom. The van der Waals surface area contributed by atoms with Crippen LogP contribution in [-0.2, 0) is 0 Å². The summed E-state index contributed by atoms with van der Waals surface area (Å²) in [6.45, 7) is 3.24. The lowest BCUT2D eigenvalue weighted by Crippen LogP contribution is -2.45. The minimum absolute atomic E-state index is 0.347. The fourth-order valence-corrected chi connectivity index (χ4v) is 2.82. The fourth-order valence-electron chi connectivity index (χ4n) is 2.12. The molecular formula is C11H19N5S. The molecule has 0 aromatic carbocycles. The number of likely N-dealkylation sites (N-methyl/N-ethyl adjacent to an activating group) is 2. The highest BCUT2D eigenvalue weighted by Gasteiger charge is 2.28. The van der Waals surface area contributed by atoms with Crippen LogP contribution in [0.5, 0.6) is 0 Å². The van der Waals surface area contributed by atoms with Crippen LogP contribution in [0.1, 0.15) is 24.7 Å². The Labute approximate surface area is 106 Å². The summed E-state index contributed by atoms with van der Waals surface area (Å²) in [6.07, 6.45) is 2.56. The molecular weight excluding hydrogens is 234 g/mol. The zero-order valence-electron chi connectivity index (χ0n) is 10.4. The van der Waals surface area contributed by atoms with Crippen molar-refractivity contribution in [1.29, 1.82) is 0 Å². The van der Waals surface area contributed by atoms with Gasteiger partial charge in [0, 0.05) is 37.2 Å². The number of nitrogens with one attached hydrogen (secondary N) is 1.